The van der Waals surface area contributed by atoms with E-state index in [1.807, 2.05) is 0 Å². The molecule has 90 valence electrons. The zero-order valence-corrected chi connectivity index (χ0v) is 9.73. The summed E-state index contributed by atoms with van der Waals surface area (Å²) in [5.41, 5.74) is 6.51. The number of anilines is 1. The van der Waals surface area contributed by atoms with Crippen molar-refractivity contribution >= 4 is 11.6 Å². The Morgan fingerprint density at radius 1 is 1.47 bits per heavy atom. The van der Waals surface area contributed by atoms with Crippen molar-refractivity contribution < 1.29 is 4.79 Å². The summed E-state index contributed by atoms with van der Waals surface area (Å²) in [5.74, 6) is 0.428. The highest BCUT2D eigenvalue weighted by atomic mass is 16.1. The van der Waals surface area contributed by atoms with Crippen molar-refractivity contribution in [3.05, 3.63) is 36.2 Å². The summed E-state index contributed by atoms with van der Waals surface area (Å²) in [7, 11) is 0. The van der Waals surface area contributed by atoms with Gasteiger partial charge in [0.1, 0.15) is 5.69 Å². The average molecular weight is 231 g/mol. The van der Waals surface area contributed by atoms with Gasteiger partial charge in [-0.05, 0) is 37.3 Å². The molecule has 0 fully saturated rings. The minimum absolute atomic E-state index is 0.125. The number of amides is 1. The maximum Gasteiger partial charge on any atom is 0.269 e. The van der Waals surface area contributed by atoms with Crippen LogP contribution in [-0.2, 0) is 0 Å². The molecular weight excluding hydrogens is 214 g/mol. The topological polar surface area (TPSA) is 68.0 Å². The molecule has 0 bridgehead atoms. The normalized spacial score (nSPS) is 18.9. The molecule has 0 spiro atoms. The molecular formula is C13H17N3O. The molecule has 4 nitrogen and oxygen atoms in total. The van der Waals surface area contributed by atoms with Gasteiger partial charge < -0.3 is 11.1 Å². The van der Waals surface area contributed by atoms with Crippen LogP contribution in [0, 0.1) is 5.92 Å². The zero-order valence-electron chi connectivity index (χ0n) is 9.73. The minimum Gasteiger partial charge on any atom is -0.397 e. The summed E-state index contributed by atoms with van der Waals surface area (Å²) < 4.78 is 0. The van der Waals surface area contributed by atoms with E-state index in [1.165, 1.54) is 6.20 Å². The van der Waals surface area contributed by atoms with Crippen LogP contribution in [0.5, 0.6) is 0 Å². The molecule has 0 aliphatic heterocycles. The van der Waals surface area contributed by atoms with Crippen molar-refractivity contribution in [3.8, 4) is 0 Å². The second-order valence-electron chi connectivity index (χ2n) is 4.34. The number of carbonyl (C=O) groups excluding carboxylic acids is 1. The highest BCUT2D eigenvalue weighted by Gasteiger charge is 2.12. The lowest BCUT2D eigenvalue weighted by atomic mass is 9.94. The molecule has 1 amide bonds. The third-order valence-corrected chi connectivity index (χ3v) is 2.95. The van der Waals surface area contributed by atoms with Crippen LogP contribution in [0.15, 0.2) is 30.5 Å². The largest absolute Gasteiger partial charge is 0.397 e. The summed E-state index contributed by atoms with van der Waals surface area (Å²) >= 11 is 0. The molecule has 0 aromatic carbocycles. The van der Waals surface area contributed by atoms with Gasteiger partial charge >= 0.3 is 0 Å². The molecule has 0 saturated heterocycles. The average Bonchev–Trinajstić information content (AvgIpc) is 2.38. The van der Waals surface area contributed by atoms with Gasteiger partial charge in [0.15, 0.2) is 0 Å². The number of hydrogen-bond acceptors (Lipinski definition) is 3. The first-order chi connectivity index (χ1) is 8.25. The molecule has 3 N–H and O–H groups in total. The van der Waals surface area contributed by atoms with Crippen molar-refractivity contribution in [1.29, 1.82) is 0 Å². The molecule has 1 heterocycles. The molecule has 1 unspecified atom stereocenters. The van der Waals surface area contributed by atoms with E-state index in [0.29, 0.717) is 17.3 Å². The van der Waals surface area contributed by atoms with Crippen LogP contribution in [0.2, 0.25) is 0 Å². The monoisotopic (exact) mass is 231 g/mol. The predicted molar refractivity (Wildman–Crippen MR) is 67.5 cm³/mol. The Kier molecular flexibility index (Phi) is 3.75. The molecule has 4 heteroatoms. The van der Waals surface area contributed by atoms with Crippen LogP contribution < -0.4 is 11.1 Å². The van der Waals surface area contributed by atoms with E-state index < -0.39 is 0 Å². The number of nitrogen functional groups attached to an aromatic ring is 1. The predicted octanol–water partition coefficient (Wildman–Crippen LogP) is 1.75. The van der Waals surface area contributed by atoms with Crippen LogP contribution in [0.25, 0.3) is 0 Å². The fourth-order valence-electron chi connectivity index (χ4n) is 1.91. The van der Waals surface area contributed by atoms with Crippen molar-refractivity contribution in [1.82, 2.24) is 10.3 Å². The Bertz CT molecular complexity index is 411. The van der Waals surface area contributed by atoms with Gasteiger partial charge in [-0.1, -0.05) is 12.2 Å². The Morgan fingerprint density at radius 2 is 2.35 bits per heavy atom. The van der Waals surface area contributed by atoms with Gasteiger partial charge in [0.25, 0.3) is 5.91 Å². The van der Waals surface area contributed by atoms with E-state index >= 15 is 0 Å². The molecule has 0 radical (unpaired) electrons. The number of nitrogens with zero attached hydrogens (tertiary/aromatic N) is 1. The molecule has 17 heavy (non-hydrogen) atoms. The van der Waals surface area contributed by atoms with Gasteiger partial charge in [0, 0.05) is 6.54 Å². The Labute approximate surface area is 101 Å². The van der Waals surface area contributed by atoms with Gasteiger partial charge in [-0.25, -0.2) is 4.98 Å². The number of nitrogens with one attached hydrogen (secondary N) is 1. The first-order valence-electron chi connectivity index (χ1n) is 5.90. The van der Waals surface area contributed by atoms with Crippen molar-refractivity contribution in [3.63, 3.8) is 0 Å². The second kappa shape index (κ2) is 5.48. The standard InChI is InChI=1S/C13H17N3O/c14-11-6-7-12(15-9-11)13(17)16-8-10-4-2-1-3-5-10/h1-2,6-7,9-10H,3-5,8,14H2,(H,16,17). The SMILES string of the molecule is Nc1ccc(C(=O)NCC2CC=CCC2)nc1. The Hall–Kier alpha value is -1.84. The van der Waals surface area contributed by atoms with Crippen molar-refractivity contribution in [2.45, 2.75) is 19.3 Å². The van der Waals surface area contributed by atoms with E-state index in [9.17, 15) is 4.79 Å². The highest BCUT2D eigenvalue weighted by Crippen LogP contribution is 2.16. The van der Waals surface area contributed by atoms with Crippen LogP contribution in [0.3, 0.4) is 0 Å². The smallest absolute Gasteiger partial charge is 0.269 e. The van der Waals surface area contributed by atoms with E-state index in [2.05, 4.69) is 22.5 Å². The maximum absolute atomic E-state index is 11.8. The van der Waals surface area contributed by atoms with E-state index in [0.717, 1.165) is 25.8 Å². The number of rotatable bonds is 3. The highest BCUT2D eigenvalue weighted by molar-refractivity contribution is 5.92. The van der Waals surface area contributed by atoms with Gasteiger partial charge in [-0.2, -0.15) is 0 Å². The summed E-state index contributed by atoms with van der Waals surface area (Å²) in [6.45, 7) is 0.717. The van der Waals surface area contributed by atoms with Gasteiger partial charge in [0.05, 0.1) is 11.9 Å². The van der Waals surface area contributed by atoms with E-state index in [-0.39, 0.29) is 5.91 Å². The number of allylic oxidation sites excluding steroid dienone is 2. The van der Waals surface area contributed by atoms with Gasteiger partial charge in [-0.3, -0.25) is 4.79 Å². The van der Waals surface area contributed by atoms with Crippen molar-refractivity contribution in [2.75, 3.05) is 12.3 Å². The zero-order chi connectivity index (χ0) is 12.1. The summed E-state index contributed by atoms with van der Waals surface area (Å²) in [6, 6.07) is 3.33. The van der Waals surface area contributed by atoms with Crippen LogP contribution >= 0.6 is 0 Å². The molecule has 1 aromatic rings. The summed E-state index contributed by atoms with van der Waals surface area (Å²) in [4.78, 5) is 15.8. The first-order valence-corrected chi connectivity index (χ1v) is 5.90. The van der Waals surface area contributed by atoms with Crippen LogP contribution in [0.4, 0.5) is 5.69 Å². The van der Waals surface area contributed by atoms with Crippen LogP contribution in [-0.4, -0.2) is 17.4 Å². The number of hydrogen-bond donors (Lipinski definition) is 2. The number of aromatic nitrogens is 1. The van der Waals surface area contributed by atoms with E-state index in [1.54, 1.807) is 12.1 Å². The summed E-state index contributed by atoms with van der Waals surface area (Å²) in [5, 5.41) is 2.91. The maximum atomic E-state index is 11.8. The molecule has 2 rings (SSSR count). The number of carbonyl (C=O) groups is 1. The number of pyridine rings is 1. The Morgan fingerprint density at radius 3 is 3.00 bits per heavy atom. The lowest BCUT2D eigenvalue weighted by Gasteiger charge is -2.17. The van der Waals surface area contributed by atoms with E-state index in [4.69, 9.17) is 5.73 Å². The molecule has 0 saturated carbocycles. The lowest BCUT2D eigenvalue weighted by Crippen LogP contribution is -2.30. The molecule has 1 aliphatic carbocycles. The quantitative estimate of drug-likeness (QED) is 0.779. The van der Waals surface area contributed by atoms with Crippen molar-refractivity contribution in [2.24, 2.45) is 5.92 Å². The first kappa shape index (κ1) is 11.6. The molecule has 1 aliphatic rings. The van der Waals surface area contributed by atoms with Gasteiger partial charge in [0.2, 0.25) is 0 Å². The van der Waals surface area contributed by atoms with Crippen LogP contribution in [0.1, 0.15) is 29.8 Å². The third-order valence-electron chi connectivity index (χ3n) is 2.95. The minimum atomic E-state index is -0.125. The Balaban J connectivity index is 1.84. The second-order valence-corrected chi connectivity index (χ2v) is 4.34. The molecule has 1 atom stereocenters. The number of nitrogens with two attached hydrogens (primary N) is 1. The fourth-order valence-corrected chi connectivity index (χ4v) is 1.91. The molecule has 1 aromatic heterocycles. The lowest BCUT2D eigenvalue weighted by molar-refractivity contribution is 0.0941. The fraction of sp³-hybridized carbons (Fsp3) is 0.385. The van der Waals surface area contributed by atoms with Gasteiger partial charge in [-0.15, -0.1) is 0 Å². The third kappa shape index (κ3) is 3.31. The summed E-state index contributed by atoms with van der Waals surface area (Å²) in [6.07, 6.45) is 9.18.